The van der Waals surface area contributed by atoms with Gasteiger partial charge in [-0.15, -0.1) is 0 Å². The van der Waals surface area contributed by atoms with E-state index >= 15 is 0 Å². The van der Waals surface area contributed by atoms with Gasteiger partial charge in [0.1, 0.15) is 0 Å². The van der Waals surface area contributed by atoms with Gasteiger partial charge in [-0.05, 0) is 37.7 Å². The summed E-state index contributed by atoms with van der Waals surface area (Å²) < 4.78 is 28.3. The van der Waals surface area contributed by atoms with Crippen molar-refractivity contribution in [1.29, 1.82) is 0 Å². The second-order valence-corrected chi connectivity index (χ2v) is 6.69. The molecular formula is C16H24F2N2O. The predicted molar refractivity (Wildman–Crippen MR) is 76.3 cm³/mol. The van der Waals surface area contributed by atoms with Crippen molar-refractivity contribution in [2.75, 3.05) is 0 Å². The van der Waals surface area contributed by atoms with E-state index in [1.807, 2.05) is 16.9 Å². The predicted octanol–water partition coefficient (Wildman–Crippen LogP) is 3.73. The highest BCUT2D eigenvalue weighted by Gasteiger charge is 2.37. The zero-order valence-electron chi connectivity index (χ0n) is 12.3. The number of nitrogens with zero attached hydrogens (tertiary/aromatic N) is 2. The summed E-state index contributed by atoms with van der Waals surface area (Å²) in [6.45, 7) is 0. The molecule has 5 heteroatoms. The molecule has 3 nitrogen and oxygen atoms in total. The zero-order chi connectivity index (χ0) is 14.9. The van der Waals surface area contributed by atoms with Crippen LogP contribution in [-0.2, 0) is 6.42 Å². The van der Waals surface area contributed by atoms with Crippen molar-refractivity contribution in [2.45, 2.75) is 75.9 Å². The SMILES string of the molecule is OC(Cc1ccn(C2CCCC2)n1)C1CCC(F)(F)CC1. The van der Waals surface area contributed by atoms with Crippen LogP contribution in [0.25, 0.3) is 0 Å². The van der Waals surface area contributed by atoms with Gasteiger partial charge in [0, 0.05) is 25.5 Å². The van der Waals surface area contributed by atoms with Gasteiger partial charge in [-0.2, -0.15) is 5.10 Å². The van der Waals surface area contributed by atoms with Crippen LogP contribution >= 0.6 is 0 Å². The lowest BCUT2D eigenvalue weighted by atomic mass is 9.82. The van der Waals surface area contributed by atoms with Crippen molar-refractivity contribution in [3.8, 4) is 0 Å². The van der Waals surface area contributed by atoms with Crippen molar-refractivity contribution < 1.29 is 13.9 Å². The first-order valence-corrected chi connectivity index (χ1v) is 8.13. The molecule has 1 aromatic rings. The van der Waals surface area contributed by atoms with Crippen LogP contribution in [0.3, 0.4) is 0 Å². The van der Waals surface area contributed by atoms with Gasteiger partial charge >= 0.3 is 0 Å². The lowest BCUT2D eigenvalue weighted by Crippen LogP contribution is -2.32. The van der Waals surface area contributed by atoms with Crippen LogP contribution in [0.1, 0.15) is 63.1 Å². The Bertz CT molecular complexity index is 459. The molecule has 1 unspecified atom stereocenters. The van der Waals surface area contributed by atoms with E-state index in [4.69, 9.17) is 0 Å². The summed E-state index contributed by atoms with van der Waals surface area (Å²) in [5, 5.41) is 14.8. The van der Waals surface area contributed by atoms with Crippen molar-refractivity contribution in [3.63, 3.8) is 0 Å². The van der Waals surface area contributed by atoms with Crippen molar-refractivity contribution >= 4 is 0 Å². The maximum absolute atomic E-state index is 13.1. The molecule has 118 valence electrons. The van der Waals surface area contributed by atoms with E-state index < -0.39 is 12.0 Å². The molecule has 2 aliphatic rings. The monoisotopic (exact) mass is 298 g/mol. The fourth-order valence-corrected chi connectivity index (χ4v) is 3.69. The molecule has 3 rings (SSSR count). The summed E-state index contributed by atoms with van der Waals surface area (Å²) in [7, 11) is 0. The molecule has 2 aliphatic carbocycles. The van der Waals surface area contributed by atoms with Gasteiger partial charge in [0.15, 0.2) is 0 Å². The second kappa shape index (κ2) is 6.03. The maximum Gasteiger partial charge on any atom is 0.248 e. The lowest BCUT2D eigenvalue weighted by Gasteiger charge is -2.31. The van der Waals surface area contributed by atoms with Crippen molar-refractivity contribution in [2.24, 2.45) is 5.92 Å². The molecule has 1 atom stereocenters. The Morgan fingerprint density at radius 2 is 1.90 bits per heavy atom. The Labute approximate surface area is 124 Å². The molecule has 0 aliphatic heterocycles. The van der Waals surface area contributed by atoms with Crippen molar-refractivity contribution in [1.82, 2.24) is 9.78 Å². The highest BCUT2D eigenvalue weighted by Crippen LogP contribution is 2.38. The molecule has 0 aromatic carbocycles. The number of aliphatic hydroxyl groups is 1. The molecule has 1 N–H and O–H groups in total. The number of halogens is 2. The van der Waals surface area contributed by atoms with Crippen LogP contribution in [0.4, 0.5) is 8.78 Å². The minimum Gasteiger partial charge on any atom is -0.392 e. The van der Waals surface area contributed by atoms with E-state index in [-0.39, 0.29) is 18.8 Å². The third-order valence-electron chi connectivity index (χ3n) is 5.09. The Morgan fingerprint density at radius 3 is 2.57 bits per heavy atom. The molecule has 0 radical (unpaired) electrons. The molecule has 1 aromatic heterocycles. The number of alkyl halides is 2. The average molecular weight is 298 g/mol. The Balaban J connectivity index is 1.54. The largest absolute Gasteiger partial charge is 0.392 e. The Morgan fingerprint density at radius 1 is 1.24 bits per heavy atom. The van der Waals surface area contributed by atoms with Gasteiger partial charge in [-0.25, -0.2) is 8.78 Å². The minimum absolute atomic E-state index is 0.0127. The Hall–Kier alpha value is -0.970. The molecular weight excluding hydrogens is 274 g/mol. The van der Waals surface area contributed by atoms with Gasteiger partial charge in [-0.3, -0.25) is 4.68 Å². The van der Waals surface area contributed by atoms with E-state index in [2.05, 4.69) is 5.10 Å². The number of rotatable bonds is 4. The molecule has 2 saturated carbocycles. The number of hydrogen-bond acceptors (Lipinski definition) is 2. The highest BCUT2D eigenvalue weighted by atomic mass is 19.3. The molecule has 21 heavy (non-hydrogen) atoms. The summed E-state index contributed by atoms with van der Waals surface area (Å²) in [6.07, 6.45) is 7.46. The smallest absolute Gasteiger partial charge is 0.248 e. The van der Waals surface area contributed by atoms with Gasteiger partial charge in [0.25, 0.3) is 0 Å². The van der Waals surface area contributed by atoms with E-state index in [0.29, 0.717) is 25.3 Å². The number of aliphatic hydroxyl groups excluding tert-OH is 1. The summed E-state index contributed by atoms with van der Waals surface area (Å²) in [4.78, 5) is 0. The van der Waals surface area contributed by atoms with Crippen LogP contribution in [-0.4, -0.2) is 26.9 Å². The molecule has 1 heterocycles. The van der Waals surface area contributed by atoms with Gasteiger partial charge in [-0.1, -0.05) is 12.8 Å². The Kier molecular flexibility index (Phi) is 4.29. The van der Waals surface area contributed by atoms with E-state index in [9.17, 15) is 13.9 Å². The first kappa shape index (κ1) is 14.9. The first-order chi connectivity index (χ1) is 10.0. The topological polar surface area (TPSA) is 38.0 Å². The summed E-state index contributed by atoms with van der Waals surface area (Å²) >= 11 is 0. The average Bonchev–Trinajstić information content (AvgIpc) is 3.08. The number of hydrogen-bond donors (Lipinski definition) is 1. The van der Waals surface area contributed by atoms with Gasteiger partial charge < -0.3 is 5.11 Å². The summed E-state index contributed by atoms with van der Waals surface area (Å²) in [5.41, 5.74) is 0.881. The zero-order valence-corrected chi connectivity index (χ0v) is 12.3. The van der Waals surface area contributed by atoms with Crippen LogP contribution in [0.5, 0.6) is 0 Å². The molecule has 2 fully saturated rings. The molecule has 0 saturated heterocycles. The molecule has 0 bridgehead atoms. The van der Waals surface area contributed by atoms with Crippen molar-refractivity contribution in [3.05, 3.63) is 18.0 Å². The lowest BCUT2D eigenvalue weighted by molar-refractivity contribution is -0.0620. The van der Waals surface area contributed by atoms with Crippen LogP contribution in [0.2, 0.25) is 0 Å². The normalized spacial score (nSPS) is 25.3. The third-order valence-corrected chi connectivity index (χ3v) is 5.09. The fraction of sp³-hybridized carbons (Fsp3) is 0.812. The summed E-state index contributed by atoms with van der Waals surface area (Å²) in [5.74, 6) is -2.54. The van der Waals surface area contributed by atoms with Crippen LogP contribution in [0.15, 0.2) is 12.3 Å². The third kappa shape index (κ3) is 3.62. The van der Waals surface area contributed by atoms with E-state index in [0.717, 1.165) is 5.69 Å². The number of aromatic nitrogens is 2. The van der Waals surface area contributed by atoms with E-state index in [1.165, 1.54) is 25.7 Å². The fourth-order valence-electron chi connectivity index (χ4n) is 3.69. The minimum atomic E-state index is -2.53. The van der Waals surface area contributed by atoms with Gasteiger partial charge in [0.2, 0.25) is 5.92 Å². The first-order valence-electron chi connectivity index (χ1n) is 8.13. The molecule has 0 amide bonds. The summed E-state index contributed by atoms with van der Waals surface area (Å²) in [6, 6.07) is 2.46. The van der Waals surface area contributed by atoms with Crippen LogP contribution in [0, 0.1) is 5.92 Å². The quantitative estimate of drug-likeness (QED) is 0.920. The second-order valence-electron chi connectivity index (χ2n) is 6.69. The van der Waals surface area contributed by atoms with Gasteiger partial charge in [0.05, 0.1) is 17.8 Å². The van der Waals surface area contributed by atoms with E-state index in [1.54, 1.807) is 0 Å². The van der Waals surface area contributed by atoms with Crippen LogP contribution < -0.4 is 0 Å². The standard InChI is InChI=1S/C16H24F2N2O/c17-16(18)8-5-12(6-9-16)15(21)11-13-7-10-20(19-13)14-3-1-2-4-14/h7,10,12,14-15,21H,1-6,8-9,11H2. The molecule has 0 spiro atoms. The maximum atomic E-state index is 13.1. The highest BCUT2D eigenvalue weighted by molar-refractivity contribution is 5.03.